The maximum atomic E-state index is 6.13. The van der Waals surface area contributed by atoms with E-state index in [1.165, 1.54) is 11.1 Å². The Labute approximate surface area is 125 Å². The zero-order valence-corrected chi connectivity index (χ0v) is 12.4. The first-order valence-corrected chi connectivity index (χ1v) is 7.19. The van der Waals surface area contributed by atoms with Crippen LogP contribution >= 0.6 is 0 Å². The minimum absolute atomic E-state index is 0.694. The molecule has 0 saturated heterocycles. The third kappa shape index (κ3) is 2.68. The number of aromatic nitrogens is 2. The molecule has 21 heavy (non-hydrogen) atoms. The van der Waals surface area contributed by atoms with Gasteiger partial charge < -0.3 is 5.73 Å². The van der Waals surface area contributed by atoms with E-state index in [4.69, 9.17) is 5.73 Å². The third-order valence-corrected chi connectivity index (χ3v) is 3.68. The number of benzene rings is 2. The van der Waals surface area contributed by atoms with E-state index in [1.807, 2.05) is 23.0 Å². The number of aryl methyl sites for hydroxylation is 2. The Morgan fingerprint density at radius 3 is 2.29 bits per heavy atom. The van der Waals surface area contributed by atoms with E-state index < -0.39 is 0 Å². The zero-order chi connectivity index (χ0) is 14.8. The van der Waals surface area contributed by atoms with Crippen molar-refractivity contribution in [1.82, 2.24) is 9.78 Å². The van der Waals surface area contributed by atoms with E-state index in [0.717, 1.165) is 23.4 Å². The molecule has 0 fully saturated rings. The fraction of sp³-hybridized carbons (Fsp3) is 0.167. The summed E-state index contributed by atoms with van der Waals surface area (Å²) in [5.74, 6) is 0. The van der Waals surface area contributed by atoms with Crippen molar-refractivity contribution < 1.29 is 0 Å². The smallest absolute Gasteiger partial charge is 0.116 e. The summed E-state index contributed by atoms with van der Waals surface area (Å²) in [5.41, 5.74) is 12.3. The summed E-state index contributed by atoms with van der Waals surface area (Å²) in [5, 5.41) is 4.63. The van der Waals surface area contributed by atoms with Gasteiger partial charge in [-0.1, -0.05) is 48.9 Å². The summed E-state index contributed by atoms with van der Waals surface area (Å²) in [6, 6.07) is 16.6. The van der Waals surface area contributed by atoms with Gasteiger partial charge in [0.05, 0.1) is 17.6 Å². The molecule has 3 aromatic rings. The molecule has 0 saturated carbocycles. The number of nitrogens with two attached hydrogens (primary N) is 1. The topological polar surface area (TPSA) is 43.8 Å². The average molecular weight is 277 g/mol. The van der Waals surface area contributed by atoms with Crippen LogP contribution in [0, 0.1) is 6.92 Å². The first-order valence-electron chi connectivity index (χ1n) is 7.19. The molecule has 2 N–H and O–H groups in total. The van der Waals surface area contributed by atoms with E-state index in [1.54, 1.807) is 0 Å². The predicted octanol–water partition coefficient (Wildman–Crippen LogP) is 3.99. The van der Waals surface area contributed by atoms with Gasteiger partial charge in [-0.3, -0.25) is 0 Å². The molecule has 0 aliphatic rings. The largest absolute Gasteiger partial charge is 0.396 e. The molecular formula is C18H19N3. The average Bonchev–Trinajstić information content (AvgIpc) is 2.90. The molecule has 0 radical (unpaired) electrons. The molecule has 0 spiro atoms. The summed E-state index contributed by atoms with van der Waals surface area (Å²) in [4.78, 5) is 0. The van der Waals surface area contributed by atoms with Gasteiger partial charge in [-0.15, -0.1) is 0 Å². The Bertz CT molecular complexity index is 737. The first kappa shape index (κ1) is 13.4. The van der Waals surface area contributed by atoms with Crippen molar-refractivity contribution in [2.45, 2.75) is 20.3 Å². The summed E-state index contributed by atoms with van der Waals surface area (Å²) in [6.07, 6.45) is 2.90. The Morgan fingerprint density at radius 1 is 1.00 bits per heavy atom. The Balaban J connectivity index is 1.98. The van der Waals surface area contributed by atoms with Crippen molar-refractivity contribution in [2.24, 2.45) is 0 Å². The van der Waals surface area contributed by atoms with Crippen molar-refractivity contribution in [3.63, 3.8) is 0 Å². The van der Waals surface area contributed by atoms with Crippen LogP contribution in [0.3, 0.4) is 0 Å². The fourth-order valence-electron chi connectivity index (χ4n) is 2.34. The van der Waals surface area contributed by atoms with Gasteiger partial charge in [-0.05, 0) is 31.0 Å². The van der Waals surface area contributed by atoms with Crippen molar-refractivity contribution >= 4 is 5.69 Å². The molecule has 3 rings (SSSR count). The molecule has 0 unspecified atom stereocenters. The van der Waals surface area contributed by atoms with Crippen molar-refractivity contribution in [2.75, 3.05) is 5.73 Å². The number of hydrogen-bond acceptors (Lipinski definition) is 2. The van der Waals surface area contributed by atoms with Gasteiger partial charge in [0, 0.05) is 5.56 Å². The molecular weight excluding hydrogens is 258 g/mol. The lowest BCUT2D eigenvalue weighted by atomic mass is 10.1. The summed E-state index contributed by atoms with van der Waals surface area (Å²) < 4.78 is 1.83. The molecule has 2 aromatic carbocycles. The van der Waals surface area contributed by atoms with Crippen LogP contribution in [0.1, 0.15) is 18.1 Å². The molecule has 0 bridgehead atoms. The second-order valence-corrected chi connectivity index (χ2v) is 5.26. The van der Waals surface area contributed by atoms with Crippen LogP contribution in [-0.4, -0.2) is 9.78 Å². The Kier molecular flexibility index (Phi) is 3.48. The van der Waals surface area contributed by atoms with Crippen LogP contribution < -0.4 is 5.73 Å². The van der Waals surface area contributed by atoms with Gasteiger partial charge in [0.25, 0.3) is 0 Å². The highest BCUT2D eigenvalue weighted by molar-refractivity contribution is 5.72. The molecule has 0 aliphatic heterocycles. The second-order valence-electron chi connectivity index (χ2n) is 5.26. The lowest BCUT2D eigenvalue weighted by molar-refractivity contribution is 0.884. The second kappa shape index (κ2) is 5.44. The number of hydrogen-bond donors (Lipinski definition) is 1. The lowest BCUT2D eigenvalue weighted by Gasteiger charge is -2.02. The van der Waals surface area contributed by atoms with Crippen LogP contribution in [0.15, 0.2) is 54.7 Å². The van der Waals surface area contributed by atoms with Gasteiger partial charge in [0.15, 0.2) is 0 Å². The van der Waals surface area contributed by atoms with Gasteiger partial charge >= 0.3 is 0 Å². The van der Waals surface area contributed by atoms with Gasteiger partial charge in [0.2, 0.25) is 0 Å². The minimum Gasteiger partial charge on any atom is -0.396 e. The molecule has 3 nitrogen and oxygen atoms in total. The predicted molar refractivity (Wildman–Crippen MR) is 87.5 cm³/mol. The maximum absolute atomic E-state index is 6.13. The van der Waals surface area contributed by atoms with E-state index >= 15 is 0 Å². The van der Waals surface area contributed by atoms with Crippen molar-refractivity contribution in [3.05, 3.63) is 65.9 Å². The number of anilines is 1. The number of nitrogen functional groups attached to an aromatic ring is 1. The monoisotopic (exact) mass is 277 g/mol. The Hall–Kier alpha value is -2.55. The minimum atomic E-state index is 0.694. The van der Waals surface area contributed by atoms with Gasteiger partial charge in [-0.2, -0.15) is 5.10 Å². The summed E-state index contributed by atoms with van der Waals surface area (Å²) >= 11 is 0. The molecule has 0 amide bonds. The molecule has 3 heteroatoms. The van der Waals surface area contributed by atoms with E-state index in [2.05, 4.69) is 55.3 Å². The highest BCUT2D eigenvalue weighted by Crippen LogP contribution is 2.25. The van der Waals surface area contributed by atoms with Gasteiger partial charge in [0.1, 0.15) is 5.69 Å². The van der Waals surface area contributed by atoms with Crippen LogP contribution in [0.4, 0.5) is 5.69 Å². The molecule has 106 valence electrons. The third-order valence-electron chi connectivity index (χ3n) is 3.68. The molecule has 0 atom stereocenters. The van der Waals surface area contributed by atoms with Crippen molar-refractivity contribution in [3.8, 4) is 16.9 Å². The molecule has 0 aliphatic carbocycles. The maximum Gasteiger partial charge on any atom is 0.116 e. The SMILES string of the molecule is CCc1ccc(-c2nn(-c3ccc(C)cc3)cc2N)cc1. The van der Waals surface area contributed by atoms with Crippen LogP contribution in [-0.2, 0) is 6.42 Å². The van der Waals surface area contributed by atoms with Gasteiger partial charge in [-0.25, -0.2) is 4.68 Å². The van der Waals surface area contributed by atoms with E-state index in [-0.39, 0.29) is 0 Å². The standard InChI is InChI=1S/C18H19N3/c1-3-14-6-8-15(9-7-14)18-17(19)12-21(20-18)16-10-4-13(2)5-11-16/h4-12H,3,19H2,1-2H3. The summed E-state index contributed by atoms with van der Waals surface area (Å²) in [7, 11) is 0. The number of nitrogens with zero attached hydrogens (tertiary/aromatic N) is 2. The van der Waals surface area contributed by atoms with E-state index in [9.17, 15) is 0 Å². The van der Waals surface area contributed by atoms with Crippen molar-refractivity contribution in [1.29, 1.82) is 0 Å². The molecule has 1 heterocycles. The van der Waals surface area contributed by atoms with E-state index in [0.29, 0.717) is 5.69 Å². The normalized spacial score (nSPS) is 10.8. The van der Waals surface area contributed by atoms with Crippen LogP contribution in [0.5, 0.6) is 0 Å². The number of rotatable bonds is 3. The lowest BCUT2D eigenvalue weighted by Crippen LogP contribution is -1.94. The van der Waals surface area contributed by atoms with Crippen LogP contribution in [0.25, 0.3) is 16.9 Å². The highest BCUT2D eigenvalue weighted by Gasteiger charge is 2.09. The quantitative estimate of drug-likeness (QED) is 0.786. The Morgan fingerprint density at radius 2 is 1.67 bits per heavy atom. The fourth-order valence-corrected chi connectivity index (χ4v) is 2.34. The molecule has 1 aromatic heterocycles. The zero-order valence-electron chi connectivity index (χ0n) is 12.4. The first-order chi connectivity index (χ1) is 10.2. The van der Waals surface area contributed by atoms with Crippen LogP contribution in [0.2, 0.25) is 0 Å². The summed E-state index contributed by atoms with van der Waals surface area (Å²) in [6.45, 7) is 4.22. The highest BCUT2D eigenvalue weighted by atomic mass is 15.3.